The Kier molecular flexibility index (Phi) is 38.8. The molecule has 3 heteroatoms. The minimum Gasteiger partial charge on any atom is -0.226 e. The standard InChI is InChI=1S/C12H8.3C2H6.CH3B2.Y/c1-3-7-11(8-4-1)12-9-5-2-6-10-12;3*1-2;1-3-2;/h1-7,9H;3*1-2H3;1H3;/q-2;;;;;. The van der Waals surface area contributed by atoms with Crippen LogP contribution < -0.4 is 0 Å². The Morgan fingerprint density at radius 1 is 0.727 bits per heavy atom. The van der Waals surface area contributed by atoms with Gasteiger partial charge in [0.2, 0.25) is 0 Å². The first kappa shape index (κ1) is 29.7. The fourth-order valence-corrected chi connectivity index (χ4v) is 1.12. The molecule has 2 aromatic rings. The van der Waals surface area contributed by atoms with Gasteiger partial charge in [-0.2, -0.15) is 48.5 Å². The van der Waals surface area contributed by atoms with Crippen molar-refractivity contribution in [2.75, 3.05) is 0 Å². The second-order valence-electron chi connectivity index (χ2n) is 2.89. The molecule has 0 amide bonds. The smallest absolute Gasteiger partial charge is 0.0502 e. The van der Waals surface area contributed by atoms with Gasteiger partial charge in [-0.1, -0.05) is 41.5 Å². The molecular formula is C19H29B2Y-2. The zero-order valence-electron chi connectivity index (χ0n) is 15.4. The molecule has 0 N–H and O–H groups in total. The van der Waals surface area contributed by atoms with Gasteiger partial charge in [0.25, 0.3) is 0 Å². The minimum absolute atomic E-state index is 0. The van der Waals surface area contributed by atoms with Gasteiger partial charge in [0.05, 0.1) is 7.17 Å². The Bertz CT molecular complexity index is 326. The SMILES string of the molecule is CC.CC.CC.[B][B]C.[Y].[c-]1ccccc1-c1[c-]cccc1. The van der Waals surface area contributed by atoms with Crippen LogP contribution in [0.15, 0.2) is 48.5 Å². The quantitative estimate of drug-likeness (QED) is 0.438. The normalized spacial score (nSPS) is 6.68. The van der Waals surface area contributed by atoms with E-state index in [9.17, 15) is 0 Å². The van der Waals surface area contributed by atoms with Crippen molar-refractivity contribution < 1.29 is 32.7 Å². The maximum Gasteiger partial charge on any atom is 0.0502 e. The van der Waals surface area contributed by atoms with Crippen LogP contribution in [0.25, 0.3) is 11.1 Å². The van der Waals surface area contributed by atoms with Crippen molar-refractivity contribution in [3.8, 4) is 11.1 Å². The van der Waals surface area contributed by atoms with Crippen molar-refractivity contribution in [3.05, 3.63) is 60.7 Å². The van der Waals surface area contributed by atoms with E-state index in [1.54, 1.807) is 6.82 Å². The summed E-state index contributed by atoms with van der Waals surface area (Å²) in [6.45, 7) is 13.8. The summed E-state index contributed by atoms with van der Waals surface area (Å²) in [6.07, 6.45) is 0. The third kappa shape index (κ3) is 17.7. The summed E-state index contributed by atoms with van der Waals surface area (Å²) in [5.41, 5.74) is 2.19. The van der Waals surface area contributed by atoms with Gasteiger partial charge in [0.1, 0.15) is 0 Å². The molecule has 2 aromatic carbocycles. The van der Waals surface area contributed by atoms with Gasteiger partial charge in [-0.25, -0.2) is 11.1 Å². The summed E-state index contributed by atoms with van der Waals surface area (Å²) >= 11 is 0. The first-order valence-electron chi connectivity index (χ1n) is 7.82. The summed E-state index contributed by atoms with van der Waals surface area (Å²) in [7, 11) is 6.22. The molecule has 0 fully saturated rings. The molecular weight excluding hydrogens is 339 g/mol. The summed E-state index contributed by atoms with van der Waals surface area (Å²) in [5.74, 6) is 0. The van der Waals surface area contributed by atoms with Crippen LogP contribution in [0.4, 0.5) is 0 Å². The van der Waals surface area contributed by atoms with E-state index in [4.69, 9.17) is 7.74 Å². The third-order valence-corrected chi connectivity index (χ3v) is 1.71. The number of rotatable bonds is 1. The fourth-order valence-electron chi connectivity index (χ4n) is 1.12. The summed E-state index contributed by atoms with van der Waals surface area (Å²) in [6, 6.07) is 22.1. The Labute approximate surface area is 167 Å². The van der Waals surface area contributed by atoms with Crippen molar-refractivity contribution in [2.24, 2.45) is 0 Å². The molecule has 22 heavy (non-hydrogen) atoms. The molecule has 0 saturated carbocycles. The van der Waals surface area contributed by atoms with E-state index in [2.05, 4.69) is 12.1 Å². The van der Waals surface area contributed by atoms with Gasteiger partial charge < -0.3 is 0 Å². The summed E-state index contributed by atoms with van der Waals surface area (Å²) < 4.78 is 0. The van der Waals surface area contributed by atoms with Crippen LogP contribution in [0.1, 0.15) is 41.5 Å². The van der Waals surface area contributed by atoms with Crippen LogP contribution in [0, 0.1) is 12.1 Å². The van der Waals surface area contributed by atoms with Crippen LogP contribution in [0.3, 0.4) is 0 Å². The molecule has 0 bridgehead atoms. The van der Waals surface area contributed by atoms with Gasteiger partial charge >= 0.3 is 0 Å². The monoisotopic (exact) mass is 368 g/mol. The number of benzene rings is 2. The zero-order chi connectivity index (χ0) is 16.9. The summed E-state index contributed by atoms with van der Waals surface area (Å²) in [5, 5.41) is 0. The van der Waals surface area contributed by atoms with Gasteiger partial charge in [0.15, 0.2) is 0 Å². The zero-order valence-corrected chi connectivity index (χ0v) is 18.2. The fraction of sp³-hybridized carbons (Fsp3) is 0.368. The van der Waals surface area contributed by atoms with E-state index in [0.717, 1.165) is 11.1 Å². The average Bonchev–Trinajstić information content (AvgIpc) is 2.62. The molecule has 0 aromatic heterocycles. The molecule has 0 aliphatic heterocycles. The van der Waals surface area contributed by atoms with E-state index >= 15 is 0 Å². The molecule has 0 aliphatic carbocycles. The second-order valence-corrected chi connectivity index (χ2v) is 2.89. The maximum absolute atomic E-state index is 4.72. The molecule has 116 valence electrons. The van der Waals surface area contributed by atoms with Crippen molar-refractivity contribution in [3.63, 3.8) is 0 Å². The Hall–Kier alpha value is -0.326. The topological polar surface area (TPSA) is 0 Å². The Morgan fingerprint density at radius 3 is 1.18 bits per heavy atom. The van der Waals surface area contributed by atoms with E-state index in [-0.39, 0.29) is 32.7 Å². The van der Waals surface area contributed by atoms with Gasteiger partial charge in [-0.15, -0.1) is 19.0 Å². The summed E-state index contributed by atoms with van der Waals surface area (Å²) in [4.78, 5) is 0. The van der Waals surface area contributed by atoms with Crippen LogP contribution in [-0.4, -0.2) is 14.9 Å². The van der Waals surface area contributed by atoms with Gasteiger partial charge in [-0.05, 0) is 0 Å². The van der Waals surface area contributed by atoms with Gasteiger partial charge in [0, 0.05) is 40.4 Å². The molecule has 2 rings (SSSR count). The van der Waals surface area contributed by atoms with Crippen LogP contribution in [-0.2, 0) is 32.7 Å². The molecule has 0 atom stereocenters. The Morgan fingerprint density at radius 2 is 1.00 bits per heavy atom. The van der Waals surface area contributed by atoms with Crippen molar-refractivity contribution in [1.82, 2.24) is 0 Å². The minimum atomic E-state index is 0. The number of hydrogen-bond acceptors (Lipinski definition) is 0. The van der Waals surface area contributed by atoms with Crippen LogP contribution in [0.2, 0.25) is 6.82 Å². The molecule has 0 aliphatic rings. The van der Waals surface area contributed by atoms with Crippen molar-refractivity contribution in [1.29, 1.82) is 0 Å². The first-order valence-corrected chi connectivity index (χ1v) is 7.82. The molecule has 0 spiro atoms. The van der Waals surface area contributed by atoms with Crippen LogP contribution >= 0.6 is 0 Å². The van der Waals surface area contributed by atoms with Crippen LogP contribution in [0.5, 0.6) is 0 Å². The van der Waals surface area contributed by atoms with Gasteiger partial charge in [-0.3, -0.25) is 0 Å². The first-order chi connectivity index (χ1) is 10.4. The molecule has 0 heterocycles. The molecule has 4 radical (unpaired) electrons. The van der Waals surface area contributed by atoms with E-state index in [1.807, 2.05) is 90.1 Å². The van der Waals surface area contributed by atoms with Crippen molar-refractivity contribution in [2.45, 2.75) is 48.4 Å². The third-order valence-electron chi connectivity index (χ3n) is 1.71. The predicted molar refractivity (Wildman–Crippen MR) is 101 cm³/mol. The molecule has 0 unspecified atom stereocenters. The van der Waals surface area contributed by atoms with E-state index < -0.39 is 0 Å². The molecule has 0 saturated heterocycles. The van der Waals surface area contributed by atoms with Crippen molar-refractivity contribution >= 4 is 14.9 Å². The number of hydrogen-bond donors (Lipinski definition) is 0. The largest absolute Gasteiger partial charge is 0.226 e. The Balaban J connectivity index is -0.000000140. The predicted octanol–water partition coefficient (Wildman–Crippen LogP) is 5.85. The van der Waals surface area contributed by atoms with E-state index in [0.29, 0.717) is 0 Å². The molecule has 0 nitrogen and oxygen atoms in total. The maximum atomic E-state index is 4.72. The average molecular weight is 368 g/mol. The second kappa shape index (κ2) is 28.8. The van der Waals surface area contributed by atoms with E-state index in [1.165, 1.54) is 7.17 Å².